The normalized spacial score (nSPS) is 17.6. The van der Waals surface area contributed by atoms with E-state index in [1.54, 1.807) is 7.11 Å². The summed E-state index contributed by atoms with van der Waals surface area (Å²) in [5.41, 5.74) is 7.78. The Balaban J connectivity index is 1.89. The lowest BCUT2D eigenvalue weighted by molar-refractivity contribution is 0.117. The van der Waals surface area contributed by atoms with E-state index < -0.39 is 0 Å². The first-order chi connectivity index (χ1) is 9.58. The molecule has 112 valence electrons. The number of anilines is 1. The van der Waals surface area contributed by atoms with Crippen molar-refractivity contribution in [2.24, 2.45) is 5.92 Å². The number of hydrogen-bond donors (Lipinski definition) is 1. The summed E-state index contributed by atoms with van der Waals surface area (Å²) in [4.78, 5) is 5.05. The molecule has 0 unspecified atom stereocenters. The summed E-state index contributed by atoms with van der Waals surface area (Å²) in [5.74, 6) is 1.65. The molecule has 20 heavy (non-hydrogen) atoms. The Kier molecular flexibility index (Phi) is 5.26. The van der Waals surface area contributed by atoms with Crippen LogP contribution in [-0.2, 0) is 6.54 Å². The zero-order valence-electron chi connectivity index (χ0n) is 12.9. The molecule has 1 aliphatic rings. The van der Waals surface area contributed by atoms with Crippen LogP contribution < -0.4 is 10.5 Å². The van der Waals surface area contributed by atoms with Gasteiger partial charge in [0.25, 0.3) is 0 Å². The second kappa shape index (κ2) is 6.95. The SMILES string of the molecule is COc1cc(N)ccc1CN1CCN(CC(C)C)CC1. The van der Waals surface area contributed by atoms with Crippen LogP contribution in [0.15, 0.2) is 18.2 Å². The van der Waals surface area contributed by atoms with E-state index in [0.717, 1.165) is 50.1 Å². The van der Waals surface area contributed by atoms with Gasteiger partial charge in [0.15, 0.2) is 0 Å². The van der Waals surface area contributed by atoms with E-state index in [1.807, 2.05) is 12.1 Å². The molecule has 0 bridgehead atoms. The van der Waals surface area contributed by atoms with Gasteiger partial charge in [0.1, 0.15) is 5.75 Å². The van der Waals surface area contributed by atoms with Crippen molar-refractivity contribution in [3.05, 3.63) is 23.8 Å². The number of hydrogen-bond acceptors (Lipinski definition) is 4. The Labute approximate surface area is 122 Å². The number of methoxy groups -OCH3 is 1. The van der Waals surface area contributed by atoms with Crippen molar-refractivity contribution in [1.29, 1.82) is 0 Å². The van der Waals surface area contributed by atoms with Crippen LogP contribution in [0.2, 0.25) is 0 Å². The summed E-state index contributed by atoms with van der Waals surface area (Å²) in [7, 11) is 1.71. The van der Waals surface area contributed by atoms with Crippen LogP contribution in [-0.4, -0.2) is 49.6 Å². The average Bonchev–Trinajstić information content (AvgIpc) is 2.42. The molecule has 2 N–H and O–H groups in total. The van der Waals surface area contributed by atoms with Crippen molar-refractivity contribution in [3.8, 4) is 5.75 Å². The van der Waals surface area contributed by atoms with Crippen molar-refractivity contribution in [2.45, 2.75) is 20.4 Å². The van der Waals surface area contributed by atoms with Gasteiger partial charge in [0.05, 0.1) is 7.11 Å². The molecule has 1 fully saturated rings. The number of ether oxygens (including phenoxy) is 1. The van der Waals surface area contributed by atoms with E-state index in [4.69, 9.17) is 10.5 Å². The summed E-state index contributed by atoms with van der Waals surface area (Å²) in [6.07, 6.45) is 0. The van der Waals surface area contributed by atoms with E-state index in [0.29, 0.717) is 0 Å². The van der Waals surface area contributed by atoms with Crippen LogP contribution >= 0.6 is 0 Å². The number of nitrogens with zero attached hydrogens (tertiary/aromatic N) is 2. The van der Waals surface area contributed by atoms with E-state index in [9.17, 15) is 0 Å². The highest BCUT2D eigenvalue weighted by Crippen LogP contribution is 2.23. The summed E-state index contributed by atoms with van der Waals surface area (Å²) in [5, 5.41) is 0. The molecule has 0 saturated carbocycles. The van der Waals surface area contributed by atoms with E-state index in [-0.39, 0.29) is 0 Å². The quantitative estimate of drug-likeness (QED) is 0.837. The molecular formula is C16H27N3O. The van der Waals surface area contributed by atoms with Gasteiger partial charge in [0, 0.05) is 56.6 Å². The molecular weight excluding hydrogens is 250 g/mol. The lowest BCUT2D eigenvalue weighted by Gasteiger charge is -2.35. The summed E-state index contributed by atoms with van der Waals surface area (Å²) in [6, 6.07) is 5.94. The molecule has 1 aromatic rings. The van der Waals surface area contributed by atoms with E-state index >= 15 is 0 Å². The van der Waals surface area contributed by atoms with Crippen molar-refractivity contribution in [1.82, 2.24) is 9.80 Å². The first kappa shape index (κ1) is 15.1. The number of benzene rings is 1. The molecule has 0 aliphatic carbocycles. The van der Waals surface area contributed by atoms with Gasteiger partial charge in [0.2, 0.25) is 0 Å². The molecule has 0 amide bonds. The molecule has 1 heterocycles. The first-order valence-electron chi connectivity index (χ1n) is 7.45. The van der Waals surface area contributed by atoms with E-state index in [1.165, 1.54) is 12.1 Å². The van der Waals surface area contributed by atoms with Crippen molar-refractivity contribution >= 4 is 5.69 Å². The highest BCUT2D eigenvalue weighted by atomic mass is 16.5. The van der Waals surface area contributed by atoms with Crippen molar-refractivity contribution in [2.75, 3.05) is 45.6 Å². The fourth-order valence-electron chi connectivity index (χ4n) is 2.78. The number of nitrogens with two attached hydrogens (primary N) is 1. The van der Waals surface area contributed by atoms with Crippen LogP contribution in [0, 0.1) is 5.92 Å². The van der Waals surface area contributed by atoms with Gasteiger partial charge >= 0.3 is 0 Å². The van der Waals surface area contributed by atoms with Crippen molar-refractivity contribution < 1.29 is 4.74 Å². The fraction of sp³-hybridized carbons (Fsp3) is 0.625. The molecule has 1 saturated heterocycles. The monoisotopic (exact) mass is 277 g/mol. The van der Waals surface area contributed by atoms with Gasteiger partial charge in [-0.3, -0.25) is 4.90 Å². The van der Waals surface area contributed by atoms with Crippen LogP contribution in [0.5, 0.6) is 5.75 Å². The minimum atomic E-state index is 0.749. The smallest absolute Gasteiger partial charge is 0.125 e. The molecule has 0 spiro atoms. The maximum Gasteiger partial charge on any atom is 0.125 e. The lowest BCUT2D eigenvalue weighted by atomic mass is 10.1. The van der Waals surface area contributed by atoms with Gasteiger partial charge in [-0.1, -0.05) is 19.9 Å². The maximum atomic E-state index is 5.80. The minimum absolute atomic E-state index is 0.749. The zero-order chi connectivity index (χ0) is 14.5. The van der Waals surface area contributed by atoms with E-state index in [2.05, 4.69) is 29.7 Å². The summed E-state index contributed by atoms with van der Waals surface area (Å²) in [6.45, 7) is 11.3. The highest BCUT2D eigenvalue weighted by Gasteiger charge is 2.18. The van der Waals surface area contributed by atoms with Crippen LogP contribution in [0.3, 0.4) is 0 Å². The fourth-order valence-corrected chi connectivity index (χ4v) is 2.78. The molecule has 0 atom stereocenters. The second-order valence-electron chi connectivity index (χ2n) is 6.04. The Morgan fingerprint density at radius 1 is 1.15 bits per heavy atom. The van der Waals surface area contributed by atoms with Gasteiger partial charge in [-0.25, -0.2) is 0 Å². The standard InChI is InChI=1S/C16H27N3O/c1-13(2)11-18-6-8-19(9-7-18)12-14-4-5-15(17)10-16(14)20-3/h4-5,10,13H,6-9,11-12,17H2,1-3H3. The van der Waals surface area contributed by atoms with Crippen LogP contribution in [0.1, 0.15) is 19.4 Å². The average molecular weight is 277 g/mol. The third kappa shape index (κ3) is 4.12. The van der Waals surface area contributed by atoms with Crippen LogP contribution in [0.4, 0.5) is 5.69 Å². The maximum absolute atomic E-state index is 5.80. The minimum Gasteiger partial charge on any atom is -0.496 e. The molecule has 1 aromatic carbocycles. The zero-order valence-corrected chi connectivity index (χ0v) is 12.9. The Morgan fingerprint density at radius 2 is 1.80 bits per heavy atom. The van der Waals surface area contributed by atoms with Crippen LogP contribution in [0.25, 0.3) is 0 Å². The second-order valence-corrected chi connectivity index (χ2v) is 6.04. The highest BCUT2D eigenvalue weighted by molar-refractivity contribution is 5.48. The van der Waals surface area contributed by atoms with Gasteiger partial charge in [-0.05, 0) is 12.0 Å². The molecule has 0 aromatic heterocycles. The molecule has 4 nitrogen and oxygen atoms in total. The Hall–Kier alpha value is -1.26. The first-order valence-corrected chi connectivity index (χ1v) is 7.45. The Morgan fingerprint density at radius 3 is 2.40 bits per heavy atom. The summed E-state index contributed by atoms with van der Waals surface area (Å²) < 4.78 is 5.42. The largest absolute Gasteiger partial charge is 0.496 e. The third-order valence-electron chi connectivity index (χ3n) is 3.79. The molecule has 4 heteroatoms. The number of rotatable bonds is 5. The molecule has 0 radical (unpaired) electrons. The van der Waals surface area contributed by atoms with Gasteiger partial charge in [-0.2, -0.15) is 0 Å². The lowest BCUT2D eigenvalue weighted by Crippen LogP contribution is -2.46. The van der Waals surface area contributed by atoms with Gasteiger partial charge < -0.3 is 15.4 Å². The molecule has 1 aliphatic heterocycles. The molecule has 2 rings (SSSR count). The Bertz CT molecular complexity index is 426. The number of nitrogen functional groups attached to an aromatic ring is 1. The number of piperazine rings is 1. The summed E-state index contributed by atoms with van der Waals surface area (Å²) >= 11 is 0. The predicted molar refractivity (Wildman–Crippen MR) is 84.0 cm³/mol. The topological polar surface area (TPSA) is 41.7 Å². The third-order valence-corrected chi connectivity index (χ3v) is 3.79. The van der Waals surface area contributed by atoms with Gasteiger partial charge in [-0.15, -0.1) is 0 Å². The van der Waals surface area contributed by atoms with Crippen molar-refractivity contribution in [3.63, 3.8) is 0 Å². The predicted octanol–water partition coefficient (Wildman–Crippen LogP) is 2.05.